The minimum Gasteiger partial charge on any atom is -0.380 e. The summed E-state index contributed by atoms with van der Waals surface area (Å²) in [6.45, 7) is 10.0. The molecule has 0 spiro atoms. The van der Waals surface area contributed by atoms with Gasteiger partial charge in [-0.05, 0) is 7.05 Å². The summed E-state index contributed by atoms with van der Waals surface area (Å²) in [7, 11) is 2.16. The molecular formula is C11H23N3O. The normalized spacial score (nSPS) is 25.4. The van der Waals surface area contributed by atoms with Crippen molar-refractivity contribution in [3.8, 4) is 0 Å². The highest BCUT2D eigenvalue weighted by Gasteiger charge is 2.22. The van der Waals surface area contributed by atoms with Gasteiger partial charge in [0.15, 0.2) is 0 Å². The van der Waals surface area contributed by atoms with Crippen molar-refractivity contribution < 1.29 is 4.74 Å². The lowest BCUT2D eigenvalue weighted by Gasteiger charge is -2.36. The van der Waals surface area contributed by atoms with E-state index in [1.807, 2.05) is 0 Å². The van der Waals surface area contributed by atoms with Crippen molar-refractivity contribution in [2.24, 2.45) is 5.92 Å². The Morgan fingerprint density at radius 1 is 1.27 bits per heavy atom. The minimum absolute atomic E-state index is 0.790. The van der Waals surface area contributed by atoms with Gasteiger partial charge in [-0.3, -0.25) is 4.90 Å². The smallest absolute Gasteiger partial charge is 0.0593 e. The molecule has 0 amide bonds. The fraction of sp³-hybridized carbons (Fsp3) is 1.00. The first-order valence-electron chi connectivity index (χ1n) is 6.04. The van der Waals surface area contributed by atoms with Gasteiger partial charge >= 0.3 is 0 Å². The van der Waals surface area contributed by atoms with Crippen LogP contribution in [0.25, 0.3) is 0 Å². The molecule has 0 aromatic heterocycles. The van der Waals surface area contributed by atoms with E-state index in [0.29, 0.717) is 0 Å². The van der Waals surface area contributed by atoms with Crippen LogP contribution in [-0.4, -0.2) is 75.9 Å². The summed E-state index contributed by atoms with van der Waals surface area (Å²) in [6, 6.07) is 0. The first-order valence-corrected chi connectivity index (χ1v) is 6.04. The third-order valence-electron chi connectivity index (χ3n) is 3.25. The SMILES string of the molecule is CN1CC(COCCN2CCNCC2)C1. The number of hydrogen-bond acceptors (Lipinski definition) is 4. The maximum absolute atomic E-state index is 5.70. The van der Waals surface area contributed by atoms with E-state index in [-0.39, 0.29) is 0 Å². The van der Waals surface area contributed by atoms with Crippen molar-refractivity contribution in [1.29, 1.82) is 0 Å². The maximum Gasteiger partial charge on any atom is 0.0593 e. The van der Waals surface area contributed by atoms with Crippen LogP contribution in [0.2, 0.25) is 0 Å². The molecule has 2 fully saturated rings. The third kappa shape index (κ3) is 3.72. The molecular weight excluding hydrogens is 190 g/mol. The number of piperazine rings is 1. The summed E-state index contributed by atoms with van der Waals surface area (Å²) in [6.07, 6.45) is 0. The molecule has 2 aliphatic heterocycles. The van der Waals surface area contributed by atoms with Crippen LogP contribution in [0.3, 0.4) is 0 Å². The summed E-state index contributed by atoms with van der Waals surface area (Å²) < 4.78 is 5.70. The van der Waals surface area contributed by atoms with Gasteiger partial charge in [0.05, 0.1) is 13.2 Å². The number of rotatable bonds is 5. The van der Waals surface area contributed by atoms with Crippen LogP contribution < -0.4 is 5.32 Å². The van der Waals surface area contributed by atoms with Crippen molar-refractivity contribution in [1.82, 2.24) is 15.1 Å². The van der Waals surface area contributed by atoms with Crippen molar-refractivity contribution in [3.05, 3.63) is 0 Å². The molecule has 2 saturated heterocycles. The Labute approximate surface area is 92.6 Å². The Balaban J connectivity index is 1.44. The van der Waals surface area contributed by atoms with Crippen LogP contribution in [-0.2, 0) is 4.74 Å². The van der Waals surface area contributed by atoms with Gasteiger partial charge < -0.3 is 15.0 Å². The predicted octanol–water partition coefficient (Wildman–Crippen LogP) is -0.530. The molecule has 0 bridgehead atoms. The largest absolute Gasteiger partial charge is 0.380 e. The molecule has 15 heavy (non-hydrogen) atoms. The van der Waals surface area contributed by atoms with Crippen LogP contribution >= 0.6 is 0 Å². The van der Waals surface area contributed by atoms with Gasteiger partial charge in [-0.2, -0.15) is 0 Å². The summed E-state index contributed by atoms with van der Waals surface area (Å²) in [5.74, 6) is 0.790. The molecule has 1 N–H and O–H groups in total. The van der Waals surface area contributed by atoms with Crippen molar-refractivity contribution in [2.75, 3.05) is 66.1 Å². The summed E-state index contributed by atoms with van der Waals surface area (Å²) in [5.41, 5.74) is 0. The van der Waals surface area contributed by atoms with Crippen LogP contribution in [0, 0.1) is 5.92 Å². The lowest BCUT2D eigenvalue weighted by molar-refractivity contribution is 0.0188. The highest BCUT2D eigenvalue weighted by atomic mass is 16.5. The van der Waals surface area contributed by atoms with Crippen molar-refractivity contribution in [3.63, 3.8) is 0 Å². The zero-order chi connectivity index (χ0) is 10.5. The molecule has 2 rings (SSSR count). The number of likely N-dealkylation sites (tertiary alicyclic amines) is 1. The zero-order valence-corrected chi connectivity index (χ0v) is 9.74. The first kappa shape index (κ1) is 11.3. The molecule has 2 heterocycles. The van der Waals surface area contributed by atoms with E-state index in [0.717, 1.165) is 38.8 Å². The molecule has 0 aliphatic carbocycles. The number of nitrogens with zero attached hydrogens (tertiary/aromatic N) is 2. The number of nitrogens with one attached hydrogen (secondary N) is 1. The second-order valence-corrected chi connectivity index (χ2v) is 4.75. The van der Waals surface area contributed by atoms with Gasteiger partial charge in [-0.25, -0.2) is 0 Å². The van der Waals surface area contributed by atoms with Crippen LogP contribution in [0.5, 0.6) is 0 Å². The van der Waals surface area contributed by atoms with E-state index in [4.69, 9.17) is 4.74 Å². The average molecular weight is 213 g/mol. The van der Waals surface area contributed by atoms with Crippen molar-refractivity contribution in [2.45, 2.75) is 0 Å². The van der Waals surface area contributed by atoms with Crippen LogP contribution in [0.15, 0.2) is 0 Å². The topological polar surface area (TPSA) is 27.7 Å². The fourth-order valence-corrected chi connectivity index (χ4v) is 2.31. The number of hydrogen-bond donors (Lipinski definition) is 1. The minimum atomic E-state index is 0.790. The molecule has 2 aliphatic rings. The van der Waals surface area contributed by atoms with E-state index in [9.17, 15) is 0 Å². The van der Waals surface area contributed by atoms with Gasteiger partial charge in [0.1, 0.15) is 0 Å². The molecule has 0 aromatic rings. The molecule has 88 valence electrons. The monoisotopic (exact) mass is 213 g/mol. The summed E-state index contributed by atoms with van der Waals surface area (Å²) in [5, 5.41) is 3.36. The fourth-order valence-electron chi connectivity index (χ4n) is 2.31. The van der Waals surface area contributed by atoms with E-state index in [2.05, 4.69) is 22.2 Å². The quantitative estimate of drug-likeness (QED) is 0.621. The Hall–Kier alpha value is -0.160. The molecule has 0 unspecified atom stereocenters. The van der Waals surface area contributed by atoms with Crippen LogP contribution in [0.1, 0.15) is 0 Å². The van der Waals surface area contributed by atoms with Crippen molar-refractivity contribution >= 4 is 0 Å². The first-order chi connectivity index (χ1) is 7.34. The Bertz CT molecular complexity index is 177. The highest BCUT2D eigenvalue weighted by molar-refractivity contribution is 4.76. The molecule has 0 atom stereocenters. The molecule has 4 heteroatoms. The van der Waals surface area contributed by atoms with Gasteiger partial charge in [0, 0.05) is 51.7 Å². The Kier molecular flexibility index (Phi) is 4.38. The molecule has 0 saturated carbocycles. The van der Waals surface area contributed by atoms with E-state index in [1.165, 1.54) is 26.2 Å². The second-order valence-electron chi connectivity index (χ2n) is 4.75. The Morgan fingerprint density at radius 3 is 2.67 bits per heavy atom. The van der Waals surface area contributed by atoms with E-state index in [1.54, 1.807) is 0 Å². The lowest BCUT2D eigenvalue weighted by atomic mass is 10.0. The van der Waals surface area contributed by atoms with Gasteiger partial charge in [-0.1, -0.05) is 0 Å². The molecule has 0 radical (unpaired) electrons. The molecule has 0 aromatic carbocycles. The molecule has 4 nitrogen and oxygen atoms in total. The van der Waals surface area contributed by atoms with E-state index < -0.39 is 0 Å². The highest BCUT2D eigenvalue weighted by Crippen LogP contribution is 2.12. The third-order valence-corrected chi connectivity index (χ3v) is 3.25. The second kappa shape index (κ2) is 5.80. The van der Waals surface area contributed by atoms with Gasteiger partial charge in [0.25, 0.3) is 0 Å². The summed E-state index contributed by atoms with van der Waals surface area (Å²) >= 11 is 0. The van der Waals surface area contributed by atoms with Gasteiger partial charge in [0.2, 0.25) is 0 Å². The standard InChI is InChI=1S/C11H23N3O/c1-13-8-11(9-13)10-15-7-6-14-4-2-12-3-5-14/h11-12H,2-10H2,1H3. The lowest BCUT2D eigenvalue weighted by Crippen LogP contribution is -2.47. The Morgan fingerprint density at radius 2 is 2.00 bits per heavy atom. The van der Waals surface area contributed by atoms with Crippen LogP contribution in [0.4, 0.5) is 0 Å². The van der Waals surface area contributed by atoms with Gasteiger partial charge in [-0.15, -0.1) is 0 Å². The predicted molar refractivity (Wildman–Crippen MR) is 61.1 cm³/mol. The number of ether oxygens (including phenoxy) is 1. The average Bonchev–Trinajstić information content (AvgIpc) is 2.23. The van der Waals surface area contributed by atoms with E-state index >= 15 is 0 Å². The maximum atomic E-state index is 5.70. The summed E-state index contributed by atoms with van der Waals surface area (Å²) in [4.78, 5) is 4.81. The zero-order valence-electron chi connectivity index (χ0n) is 9.74.